The summed E-state index contributed by atoms with van der Waals surface area (Å²) in [6.45, 7) is 3.71. The number of thioether (sulfide) groups is 1. The van der Waals surface area contributed by atoms with Crippen LogP contribution in [-0.4, -0.2) is 34.4 Å². The molecule has 0 unspecified atom stereocenters. The number of alkyl halides is 3. The van der Waals surface area contributed by atoms with Crippen molar-refractivity contribution in [2.24, 2.45) is 0 Å². The van der Waals surface area contributed by atoms with Crippen molar-refractivity contribution in [3.63, 3.8) is 0 Å². The fourth-order valence-electron chi connectivity index (χ4n) is 2.97. The number of aromatic nitrogens is 2. The first-order chi connectivity index (χ1) is 14.7. The van der Waals surface area contributed by atoms with Crippen LogP contribution < -0.4 is 10.1 Å². The first-order valence-electron chi connectivity index (χ1n) is 9.51. The van der Waals surface area contributed by atoms with Crippen LogP contribution in [0.2, 0.25) is 0 Å². The number of nitrogens with one attached hydrogen (secondary N) is 1. The number of nitrogens with zero attached hydrogens (tertiary/aromatic N) is 2. The van der Waals surface area contributed by atoms with E-state index in [1.54, 1.807) is 48.2 Å². The number of ether oxygens (including phenoxy) is 1. The molecular weight excluding hydrogens is 427 g/mol. The van der Waals surface area contributed by atoms with E-state index in [4.69, 9.17) is 4.74 Å². The lowest BCUT2D eigenvalue weighted by Crippen LogP contribution is -2.31. The molecule has 5 nitrogen and oxygen atoms in total. The summed E-state index contributed by atoms with van der Waals surface area (Å²) in [7, 11) is 1.55. The van der Waals surface area contributed by atoms with Gasteiger partial charge in [0, 0.05) is 17.3 Å². The quantitative estimate of drug-likeness (QED) is 0.505. The van der Waals surface area contributed by atoms with Crippen molar-refractivity contribution in [1.82, 2.24) is 14.9 Å². The molecule has 0 radical (unpaired) electrons. The third-order valence-electron chi connectivity index (χ3n) is 4.33. The monoisotopic (exact) mass is 449 g/mol. The van der Waals surface area contributed by atoms with Gasteiger partial charge in [-0.15, -0.1) is 0 Å². The zero-order chi connectivity index (χ0) is 22.6. The van der Waals surface area contributed by atoms with Gasteiger partial charge in [-0.3, -0.25) is 9.36 Å². The smallest absolute Gasteiger partial charge is 0.416 e. The highest BCUT2D eigenvalue weighted by molar-refractivity contribution is 7.99. The third kappa shape index (κ3) is 5.61. The predicted molar refractivity (Wildman–Crippen MR) is 115 cm³/mol. The van der Waals surface area contributed by atoms with E-state index in [9.17, 15) is 18.0 Å². The highest BCUT2D eigenvalue weighted by atomic mass is 32.2. The summed E-state index contributed by atoms with van der Waals surface area (Å²) in [4.78, 5) is 16.5. The van der Waals surface area contributed by atoms with E-state index in [1.165, 1.54) is 6.07 Å². The van der Waals surface area contributed by atoms with Gasteiger partial charge in [0.15, 0.2) is 5.16 Å². The second-order valence-corrected chi connectivity index (χ2v) is 7.99. The maximum absolute atomic E-state index is 13.3. The van der Waals surface area contributed by atoms with Crippen LogP contribution in [0.15, 0.2) is 59.9 Å². The highest BCUT2D eigenvalue weighted by Gasteiger charge is 2.31. The number of methoxy groups -OCH3 is 1. The van der Waals surface area contributed by atoms with Gasteiger partial charge in [-0.05, 0) is 56.3 Å². The van der Waals surface area contributed by atoms with Gasteiger partial charge in [-0.25, -0.2) is 4.98 Å². The lowest BCUT2D eigenvalue weighted by Gasteiger charge is -2.15. The number of halogens is 3. The Morgan fingerprint density at radius 1 is 1.19 bits per heavy atom. The molecule has 9 heteroatoms. The van der Waals surface area contributed by atoms with Gasteiger partial charge in [0.05, 0.1) is 30.3 Å². The van der Waals surface area contributed by atoms with Crippen molar-refractivity contribution in [3.05, 3.63) is 60.3 Å². The number of hydrogen-bond acceptors (Lipinski definition) is 4. The predicted octanol–water partition coefficient (Wildman–Crippen LogP) is 5.18. The fourth-order valence-corrected chi connectivity index (χ4v) is 3.77. The Labute approximate surface area is 182 Å². The molecule has 0 aliphatic heterocycles. The average Bonchev–Trinajstić information content (AvgIpc) is 3.15. The lowest BCUT2D eigenvalue weighted by molar-refractivity contribution is -0.137. The largest absolute Gasteiger partial charge is 0.497 e. The van der Waals surface area contributed by atoms with E-state index in [0.717, 1.165) is 29.5 Å². The van der Waals surface area contributed by atoms with Gasteiger partial charge in [0.2, 0.25) is 5.91 Å². The first-order valence-corrected chi connectivity index (χ1v) is 10.5. The second kappa shape index (κ2) is 9.47. The molecule has 31 heavy (non-hydrogen) atoms. The minimum atomic E-state index is -4.47. The number of amides is 1. The zero-order valence-electron chi connectivity index (χ0n) is 17.2. The van der Waals surface area contributed by atoms with Crippen LogP contribution >= 0.6 is 11.8 Å². The Bertz CT molecular complexity index is 1050. The molecule has 0 saturated carbocycles. The van der Waals surface area contributed by atoms with Crippen molar-refractivity contribution in [3.8, 4) is 22.7 Å². The van der Waals surface area contributed by atoms with Crippen molar-refractivity contribution in [1.29, 1.82) is 0 Å². The molecule has 3 aromatic rings. The van der Waals surface area contributed by atoms with Gasteiger partial charge in [0.25, 0.3) is 0 Å². The molecule has 0 atom stereocenters. The molecule has 0 fully saturated rings. The summed E-state index contributed by atoms with van der Waals surface area (Å²) in [5.41, 5.74) is 0.913. The summed E-state index contributed by atoms with van der Waals surface area (Å²) in [6.07, 6.45) is -2.88. The van der Waals surface area contributed by atoms with E-state index in [2.05, 4.69) is 10.3 Å². The minimum Gasteiger partial charge on any atom is -0.497 e. The Morgan fingerprint density at radius 2 is 1.90 bits per heavy atom. The van der Waals surface area contributed by atoms with Crippen LogP contribution in [0, 0.1) is 0 Å². The Balaban J connectivity index is 2.04. The molecule has 0 aliphatic rings. The highest BCUT2D eigenvalue weighted by Crippen LogP contribution is 2.34. The Morgan fingerprint density at radius 3 is 2.52 bits per heavy atom. The van der Waals surface area contributed by atoms with E-state index in [0.29, 0.717) is 22.3 Å². The Hall–Kier alpha value is -2.94. The topological polar surface area (TPSA) is 56.1 Å². The molecule has 3 rings (SSSR count). The van der Waals surface area contributed by atoms with Crippen LogP contribution in [0.3, 0.4) is 0 Å². The van der Waals surface area contributed by atoms with Crippen molar-refractivity contribution in [2.45, 2.75) is 31.2 Å². The molecule has 1 aromatic heterocycles. The number of carbonyl (C=O) groups excluding carboxylic acids is 1. The number of benzene rings is 2. The normalized spacial score (nSPS) is 11.6. The van der Waals surface area contributed by atoms with Crippen LogP contribution in [0.4, 0.5) is 13.2 Å². The standard InChI is InChI=1S/C22H22F3N3O2S/c1-14(2)27-20(29)13-31-21-26-12-19(15-7-9-18(30-3)10-8-15)28(21)17-6-4-5-16(11-17)22(23,24)25/h4-12,14H,13H2,1-3H3,(H,27,29). The summed E-state index contributed by atoms with van der Waals surface area (Å²) in [5, 5.41) is 3.21. The molecule has 0 aliphatic carbocycles. The SMILES string of the molecule is COc1ccc(-c2cnc(SCC(=O)NC(C)C)n2-c2cccc(C(F)(F)F)c2)cc1. The van der Waals surface area contributed by atoms with Gasteiger partial charge in [-0.2, -0.15) is 13.2 Å². The van der Waals surface area contributed by atoms with Gasteiger partial charge in [0.1, 0.15) is 5.75 Å². The van der Waals surface area contributed by atoms with E-state index >= 15 is 0 Å². The molecule has 0 bridgehead atoms. The third-order valence-corrected chi connectivity index (χ3v) is 5.28. The maximum atomic E-state index is 13.3. The molecular formula is C22H22F3N3O2S. The fraction of sp³-hybridized carbons (Fsp3) is 0.273. The van der Waals surface area contributed by atoms with Gasteiger partial charge < -0.3 is 10.1 Å². The average molecular weight is 449 g/mol. The minimum absolute atomic E-state index is 0.00817. The molecule has 0 spiro atoms. The maximum Gasteiger partial charge on any atom is 0.416 e. The van der Waals surface area contributed by atoms with E-state index in [-0.39, 0.29) is 17.7 Å². The summed E-state index contributed by atoms with van der Waals surface area (Å²) >= 11 is 1.16. The summed E-state index contributed by atoms with van der Waals surface area (Å²) in [6, 6.07) is 12.2. The first kappa shape index (κ1) is 22.7. The number of carbonyl (C=O) groups is 1. The van der Waals surface area contributed by atoms with Crippen LogP contribution in [0.5, 0.6) is 5.75 Å². The van der Waals surface area contributed by atoms with Gasteiger partial charge in [-0.1, -0.05) is 17.8 Å². The molecule has 2 aromatic carbocycles. The summed E-state index contributed by atoms with van der Waals surface area (Å²) < 4.78 is 46.7. The van der Waals surface area contributed by atoms with Crippen molar-refractivity contribution in [2.75, 3.05) is 12.9 Å². The van der Waals surface area contributed by atoms with Crippen LogP contribution in [0.25, 0.3) is 16.9 Å². The molecule has 0 saturated heterocycles. The van der Waals surface area contributed by atoms with Crippen molar-refractivity contribution < 1.29 is 22.7 Å². The van der Waals surface area contributed by atoms with E-state index in [1.807, 2.05) is 13.8 Å². The van der Waals surface area contributed by atoms with Crippen LogP contribution in [-0.2, 0) is 11.0 Å². The lowest BCUT2D eigenvalue weighted by atomic mass is 10.1. The number of imidazole rings is 1. The second-order valence-electron chi connectivity index (χ2n) is 7.05. The summed E-state index contributed by atoms with van der Waals surface area (Å²) in [5.74, 6) is 0.578. The number of rotatable bonds is 7. The Kier molecular flexibility index (Phi) is 6.94. The number of hydrogen-bond donors (Lipinski definition) is 1. The molecule has 1 heterocycles. The zero-order valence-corrected chi connectivity index (χ0v) is 18.1. The molecule has 1 N–H and O–H groups in total. The molecule has 164 valence electrons. The van der Waals surface area contributed by atoms with Crippen LogP contribution in [0.1, 0.15) is 19.4 Å². The van der Waals surface area contributed by atoms with E-state index < -0.39 is 11.7 Å². The van der Waals surface area contributed by atoms with Gasteiger partial charge >= 0.3 is 6.18 Å². The van der Waals surface area contributed by atoms with Crippen molar-refractivity contribution >= 4 is 17.7 Å². The molecule has 1 amide bonds.